The number of sulfonamides is 1. The number of amides is 1. The molecule has 108 valence electrons. The predicted octanol–water partition coefficient (Wildman–Crippen LogP) is 0.753. The zero-order valence-electron chi connectivity index (χ0n) is 11.2. The number of nitrogens with one attached hydrogen (secondary N) is 1. The average molecular weight is 295 g/mol. The molecule has 3 rings (SSSR count). The lowest BCUT2D eigenvalue weighted by Crippen LogP contribution is -2.55. The minimum atomic E-state index is -3.14. The van der Waals surface area contributed by atoms with E-state index >= 15 is 0 Å². The molecule has 1 aromatic rings. The summed E-state index contributed by atoms with van der Waals surface area (Å²) >= 11 is 0. The van der Waals surface area contributed by atoms with E-state index in [0.29, 0.717) is 5.82 Å². The van der Waals surface area contributed by atoms with Gasteiger partial charge in [-0.1, -0.05) is 6.07 Å². The van der Waals surface area contributed by atoms with Crippen molar-refractivity contribution in [3.8, 4) is 0 Å². The predicted molar refractivity (Wildman–Crippen MR) is 74.6 cm³/mol. The SMILES string of the molecule is Cc1cccc(NC(=O)C2CN(S(=O)(=O)C3CC3)C2)n1. The van der Waals surface area contributed by atoms with Crippen molar-refractivity contribution in [1.29, 1.82) is 0 Å². The van der Waals surface area contributed by atoms with Gasteiger partial charge in [0.05, 0.1) is 11.2 Å². The van der Waals surface area contributed by atoms with E-state index in [-0.39, 0.29) is 30.2 Å². The lowest BCUT2D eigenvalue weighted by Gasteiger charge is -2.37. The zero-order valence-corrected chi connectivity index (χ0v) is 12.1. The third-order valence-electron chi connectivity index (χ3n) is 3.66. The van der Waals surface area contributed by atoms with Gasteiger partial charge in [-0.25, -0.2) is 13.4 Å². The van der Waals surface area contributed by atoms with Gasteiger partial charge in [0.2, 0.25) is 15.9 Å². The molecule has 1 aromatic heterocycles. The minimum Gasteiger partial charge on any atom is -0.310 e. The highest BCUT2D eigenvalue weighted by molar-refractivity contribution is 7.90. The summed E-state index contributed by atoms with van der Waals surface area (Å²) in [5.74, 6) is 0.0784. The van der Waals surface area contributed by atoms with Gasteiger partial charge >= 0.3 is 0 Å². The van der Waals surface area contributed by atoms with Crippen molar-refractivity contribution in [3.05, 3.63) is 23.9 Å². The highest BCUT2D eigenvalue weighted by atomic mass is 32.2. The van der Waals surface area contributed by atoms with Crippen LogP contribution >= 0.6 is 0 Å². The Kier molecular flexibility index (Phi) is 3.25. The fourth-order valence-electron chi connectivity index (χ4n) is 2.23. The van der Waals surface area contributed by atoms with Crippen LogP contribution < -0.4 is 5.32 Å². The Hall–Kier alpha value is -1.47. The normalized spacial score (nSPS) is 20.4. The Bertz CT molecular complexity index is 634. The molecule has 1 saturated heterocycles. The van der Waals surface area contributed by atoms with E-state index in [2.05, 4.69) is 10.3 Å². The summed E-state index contributed by atoms with van der Waals surface area (Å²) in [6.45, 7) is 2.43. The van der Waals surface area contributed by atoms with E-state index in [9.17, 15) is 13.2 Å². The van der Waals surface area contributed by atoms with E-state index in [0.717, 1.165) is 18.5 Å². The molecule has 1 aliphatic heterocycles. The van der Waals surface area contributed by atoms with Crippen molar-refractivity contribution in [1.82, 2.24) is 9.29 Å². The van der Waals surface area contributed by atoms with Gasteiger partial charge < -0.3 is 5.32 Å². The fourth-order valence-corrected chi connectivity index (χ4v) is 4.16. The maximum absolute atomic E-state index is 12.0. The molecule has 7 heteroatoms. The standard InChI is InChI=1S/C13H17N3O3S/c1-9-3-2-4-12(14-9)15-13(17)10-7-16(8-10)20(18,19)11-5-6-11/h2-4,10-11H,5-8H2,1H3,(H,14,15,17). The molecule has 1 aliphatic carbocycles. The Morgan fingerprint density at radius 1 is 1.35 bits per heavy atom. The number of carbonyl (C=O) groups excluding carboxylic acids is 1. The van der Waals surface area contributed by atoms with Crippen LogP contribution in [-0.2, 0) is 14.8 Å². The highest BCUT2D eigenvalue weighted by Gasteiger charge is 2.46. The van der Waals surface area contributed by atoms with Crippen LogP contribution in [0.4, 0.5) is 5.82 Å². The van der Waals surface area contributed by atoms with Gasteiger partial charge in [-0.05, 0) is 31.9 Å². The molecule has 1 saturated carbocycles. The summed E-state index contributed by atoms with van der Waals surface area (Å²) in [5.41, 5.74) is 0.828. The van der Waals surface area contributed by atoms with Gasteiger partial charge in [0.15, 0.2) is 0 Å². The number of carbonyl (C=O) groups is 1. The van der Waals surface area contributed by atoms with Crippen molar-refractivity contribution in [2.45, 2.75) is 25.0 Å². The molecule has 1 amide bonds. The Morgan fingerprint density at radius 3 is 2.65 bits per heavy atom. The van der Waals surface area contributed by atoms with E-state index in [1.54, 1.807) is 6.07 Å². The lowest BCUT2D eigenvalue weighted by molar-refractivity contribution is -0.122. The number of nitrogens with zero attached hydrogens (tertiary/aromatic N) is 2. The molecule has 20 heavy (non-hydrogen) atoms. The monoisotopic (exact) mass is 295 g/mol. The number of hydrogen-bond donors (Lipinski definition) is 1. The maximum Gasteiger partial charge on any atom is 0.231 e. The summed E-state index contributed by atoms with van der Waals surface area (Å²) in [5, 5.41) is 2.53. The first-order chi connectivity index (χ1) is 9.46. The number of aryl methyl sites for hydroxylation is 1. The number of hydrogen-bond acceptors (Lipinski definition) is 4. The molecule has 0 bridgehead atoms. The van der Waals surface area contributed by atoms with Crippen molar-refractivity contribution < 1.29 is 13.2 Å². The Morgan fingerprint density at radius 2 is 2.05 bits per heavy atom. The second-order valence-corrected chi connectivity index (χ2v) is 7.62. The molecule has 6 nitrogen and oxygen atoms in total. The van der Waals surface area contributed by atoms with Gasteiger partial charge in [0.1, 0.15) is 5.82 Å². The first-order valence-corrected chi connectivity index (χ1v) is 8.20. The smallest absolute Gasteiger partial charge is 0.231 e. The largest absolute Gasteiger partial charge is 0.310 e. The quantitative estimate of drug-likeness (QED) is 0.889. The molecular weight excluding hydrogens is 278 g/mol. The second kappa shape index (κ2) is 4.82. The third kappa shape index (κ3) is 2.55. The highest BCUT2D eigenvalue weighted by Crippen LogP contribution is 2.34. The molecule has 2 heterocycles. The van der Waals surface area contributed by atoms with E-state index in [1.165, 1.54) is 4.31 Å². The van der Waals surface area contributed by atoms with Crippen LogP contribution in [0.15, 0.2) is 18.2 Å². The average Bonchev–Trinajstić information content (AvgIpc) is 3.09. The third-order valence-corrected chi connectivity index (χ3v) is 6.00. The number of aromatic nitrogens is 1. The summed E-state index contributed by atoms with van der Waals surface area (Å²) in [6.07, 6.45) is 1.51. The second-order valence-electron chi connectivity index (χ2n) is 5.41. The van der Waals surface area contributed by atoms with E-state index < -0.39 is 10.0 Å². The summed E-state index contributed by atoms with van der Waals surface area (Å²) in [6, 6.07) is 5.40. The Balaban J connectivity index is 1.56. The summed E-state index contributed by atoms with van der Waals surface area (Å²) < 4.78 is 25.3. The molecule has 0 atom stereocenters. The number of anilines is 1. The first kappa shape index (κ1) is 13.5. The van der Waals surface area contributed by atoms with Crippen LogP contribution in [0.2, 0.25) is 0 Å². The fraction of sp³-hybridized carbons (Fsp3) is 0.538. The summed E-state index contributed by atoms with van der Waals surface area (Å²) in [4.78, 5) is 16.2. The van der Waals surface area contributed by atoms with Gasteiger partial charge in [-0.3, -0.25) is 4.79 Å². The van der Waals surface area contributed by atoms with Crippen LogP contribution in [0.25, 0.3) is 0 Å². The van der Waals surface area contributed by atoms with Crippen LogP contribution in [-0.4, -0.2) is 42.0 Å². The molecule has 0 spiro atoms. The van der Waals surface area contributed by atoms with Crippen molar-refractivity contribution >= 4 is 21.7 Å². The van der Waals surface area contributed by atoms with Gasteiger partial charge in [-0.2, -0.15) is 4.31 Å². The van der Waals surface area contributed by atoms with Crippen molar-refractivity contribution in [2.24, 2.45) is 5.92 Å². The number of rotatable bonds is 4. The van der Waals surface area contributed by atoms with Crippen molar-refractivity contribution in [3.63, 3.8) is 0 Å². The van der Waals surface area contributed by atoms with Gasteiger partial charge in [0, 0.05) is 18.8 Å². The molecule has 0 unspecified atom stereocenters. The molecule has 2 fully saturated rings. The zero-order chi connectivity index (χ0) is 14.3. The van der Waals surface area contributed by atoms with Crippen molar-refractivity contribution in [2.75, 3.05) is 18.4 Å². The van der Waals surface area contributed by atoms with Crippen LogP contribution in [0.3, 0.4) is 0 Å². The van der Waals surface area contributed by atoms with Gasteiger partial charge in [0.25, 0.3) is 0 Å². The molecular formula is C13H17N3O3S. The topological polar surface area (TPSA) is 79.4 Å². The van der Waals surface area contributed by atoms with Gasteiger partial charge in [-0.15, -0.1) is 0 Å². The molecule has 1 N–H and O–H groups in total. The minimum absolute atomic E-state index is 0.162. The number of pyridine rings is 1. The molecule has 0 radical (unpaired) electrons. The van der Waals surface area contributed by atoms with E-state index in [1.807, 2.05) is 19.1 Å². The lowest BCUT2D eigenvalue weighted by atomic mass is 10.0. The van der Waals surface area contributed by atoms with Crippen LogP contribution in [0, 0.1) is 12.8 Å². The van der Waals surface area contributed by atoms with Crippen LogP contribution in [0.5, 0.6) is 0 Å². The Labute approximate surface area is 118 Å². The molecule has 2 aliphatic rings. The van der Waals surface area contributed by atoms with Crippen LogP contribution in [0.1, 0.15) is 18.5 Å². The molecule has 0 aromatic carbocycles. The van der Waals surface area contributed by atoms with E-state index in [4.69, 9.17) is 0 Å². The first-order valence-electron chi connectivity index (χ1n) is 6.70. The maximum atomic E-state index is 12.0. The summed E-state index contributed by atoms with van der Waals surface area (Å²) in [7, 11) is -3.14.